The van der Waals surface area contributed by atoms with Gasteiger partial charge in [0.05, 0.1) is 33.9 Å². The topological polar surface area (TPSA) is 124 Å². The van der Waals surface area contributed by atoms with Crippen LogP contribution in [-0.4, -0.2) is 54.7 Å². The Morgan fingerprint density at radius 3 is 2.74 bits per heavy atom. The number of ether oxygens (including phenoxy) is 2. The quantitative estimate of drug-likeness (QED) is 0.351. The molecule has 1 aliphatic heterocycles. The molecule has 1 N–H and O–H groups in total. The number of aromatic nitrogens is 1. The third-order valence-corrected chi connectivity index (χ3v) is 5.59. The van der Waals surface area contributed by atoms with Gasteiger partial charge in [-0.15, -0.1) is 0 Å². The number of nitro benzene ring substituents is 1. The smallest absolute Gasteiger partial charge is 0.338 e. The van der Waals surface area contributed by atoms with Gasteiger partial charge in [-0.25, -0.2) is 9.78 Å². The highest BCUT2D eigenvalue weighted by Crippen LogP contribution is 2.30. The number of carbonyl (C=O) groups is 2. The van der Waals surface area contributed by atoms with Gasteiger partial charge in [0.15, 0.2) is 11.7 Å². The van der Waals surface area contributed by atoms with E-state index >= 15 is 0 Å². The standard InChI is InChI=1S/C20H18N4O6S/c25-18(22-20-21-14-3-1-2-4-17(14)31-20)12-30-19(26)13-5-6-15(16(11-13)24(27)28)23-7-9-29-10-8-23/h1-6,11H,7-10,12H2,(H,21,22,25). The van der Waals surface area contributed by atoms with Crippen LogP contribution in [0, 0.1) is 10.1 Å². The summed E-state index contributed by atoms with van der Waals surface area (Å²) >= 11 is 1.30. The zero-order chi connectivity index (χ0) is 21.8. The highest BCUT2D eigenvalue weighted by Gasteiger charge is 2.24. The van der Waals surface area contributed by atoms with Gasteiger partial charge < -0.3 is 14.4 Å². The third-order valence-electron chi connectivity index (χ3n) is 4.63. The van der Waals surface area contributed by atoms with E-state index in [1.54, 1.807) is 0 Å². The number of benzene rings is 2. The Hall–Kier alpha value is -3.57. The molecule has 1 aliphatic rings. The minimum absolute atomic E-state index is 0.00324. The van der Waals surface area contributed by atoms with Crippen LogP contribution in [0.4, 0.5) is 16.5 Å². The van der Waals surface area contributed by atoms with E-state index in [-0.39, 0.29) is 11.3 Å². The summed E-state index contributed by atoms with van der Waals surface area (Å²) < 4.78 is 11.2. The maximum atomic E-state index is 12.3. The lowest BCUT2D eigenvalue weighted by atomic mass is 10.1. The summed E-state index contributed by atoms with van der Waals surface area (Å²) in [4.78, 5) is 41.5. The zero-order valence-electron chi connectivity index (χ0n) is 16.3. The van der Waals surface area contributed by atoms with Crippen LogP contribution in [0.3, 0.4) is 0 Å². The molecule has 2 heterocycles. The molecule has 0 atom stereocenters. The molecule has 160 valence electrons. The number of anilines is 2. The first-order chi connectivity index (χ1) is 15.0. The van der Waals surface area contributed by atoms with Gasteiger partial charge in [-0.05, 0) is 24.3 Å². The van der Waals surface area contributed by atoms with E-state index in [2.05, 4.69) is 10.3 Å². The molecular weight excluding hydrogens is 424 g/mol. The maximum Gasteiger partial charge on any atom is 0.338 e. The van der Waals surface area contributed by atoms with Gasteiger partial charge in [-0.3, -0.25) is 20.2 Å². The van der Waals surface area contributed by atoms with E-state index in [0.717, 1.165) is 10.2 Å². The van der Waals surface area contributed by atoms with Crippen molar-refractivity contribution in [3.05, 3.63) is 58.1 Å². The van der Waals surface area contributed by atoms with Crippen molar-refractivity contribution >= 4 is 49.9 Å². The number of amides is 1. The van der Waals surface area contributed by atoms with E-state index in [1.807, 2.05) is 29.2 Å². The number of nitrogens with zero attached hydrogens (tertiary/aromatic N) is 3. The van der Waals surface area contributed by atoms with Crippen molar-refractivity contribution in [3.63, 3.8) is 0 Å². The second-order valence-electron chi connectivity index (χ2n) is 6.67. The largest absolute Gasteiger partial charge is 0.452 e. The van der Waals surface area contributed by atoms with Crippen molar-refractivity contribution in [3.8, 4) is 0 Å². The Balaban J connectivity index is 1.40. The van der Waals surface area contributed by atoms with E-state index in [4.69, 9.17) is 9.47 Å². The van der Waals surface area contributed by atoms with E-state index < -0.39 is 23.4 Å². The minimum Gasteiger partial charge on any atom is -0.452 e. The summed E-state index contributed by atoms with van der Waals surface area (Å²) in [6, 6.07) is 11.6. The van der Waals surface area contributed by atoms with Crippen LogP contribution in [0.15, 0.2) is 42.5 Å². The number of esters is 1. The van der Waals surface area contributed by atoms with Crippen LogP contribution in [0.1, 0.15) is 10.4 Å². The number of carbonyl (C=O) groups excluding carboxylic acids is 2. The molecule has 1 aromatic heterocycles. The first-order valence-electron chi connectivity index (χ1n) is 9.45. The highest BCUT2D eigenvalue weighted by atomic mass is 32.1. The fraction of sp³-hybridized carbons (Fsp3) is 0.250. The number of hydrogen-bond acceptors (Lipinski definition) is 9. The third kappa shape index (κ3) is 4.78. The van der Waals surface area contributed by atoms with Gasteiger partial charge in [0, 0.05) is 19.2 Å². The summed E-state index contributed by atoms with van der Waals surface area (Å²) in [5, 5.41) is 14.5. The molecule has 3 aromatic rings. The van der Waals surface area contributed by atoms with Crippen molar-refractivity contribution in [2.24, 2.45) is 0 Å². The van der Waals surface area contributed by atoms with Gasteiger partial charge in [0.25, 0.3) is 11.6 Å². The predicted molar refractivity (Wildman–Crippen MR) is 115 cm³/mol. The first-order valence-corrected chi connectivity index (χ1v) is 10.3. The van der Waals surface area contributed by atoms with Crippen LogP contribution in [0.25, 0.3) is 10.2 Å². The fourth-order valence-corrected chi connectivity index (χ4v) is 4.05. The van der Waals surface area contributed by atoms with Crippen LogP contribution in [0.2, 0.25) is 0 Å². The fourth-order valence-electron chi connectivity index (χ4n) is 3.16. The molecule has 0 aliphatic carbocycles. The molecule has 1 amide bonds. The number of nitro groups is 1. The Morgan fingerprint density at radius 1 is 1.23 bits per heavy atom. The summed E-state index contributed by atoms with van der Waals surface area (Å²) in [5.74, 6) is -1.37. The average Bonchev–Trinajstić information content (AvgIpc) is 3.19. The second kappa shape index (κ2) is 9.06. The molecule has 10 nitrogen and oxygen atoms in total. The molecule has 1 saturated heterocycles. The molecule has 2 aromatic carbocycles. The molecule has 0 unspecified atom stereocenters. The molecule has 11 heteroatoms. The SMILES string of the molecule is O=C(COC(=O)c1ccc(N2CCOCC2)c([N+](=O)[O-])c1)Nc1nc2ccccc2s1. The minimum atomic E-state index is -0.823. The molecule has 4 rings (SSSR count). The number of para-hydroxylation sites is 1. The monoisotopic (exact) mass is 442 g/mol. The van der Waals surface area contributed by atoms with Crippen LogP contribution in [-0.2, 0) is 14.3 Å². The van der Waals surface area contributed by atoms with E-state index in [0.29, 0.717) is 37.1 Å². The number of thiazole rings is 1. The predicted octanol–water partition coefficient (Wildman–Crippen LogP) is 2.84. The Morgan fingerprint density at radius 2 is 2.00 bits per heavy atom. The second-order valence-corrected chi connectivity index (χ2v) is 7.70. The lowest BCUT2D eigenvalue weighted by molar-refractivity contribution is -0.384. The van der Waals surface area contributed by atoms with E-state index in [1.165, 1.54) is 29.5 Å². The van der Waals surface area contributed by atoms with Crippen LogP contribution < -0.4 is 10.2 Å². The van der Waals surface area contributed by atoms with Crippen LogP contribution in [0.5, 0.6) is 0 Å². The van der Waals surface area contributed by atoms with Crippen molar-refractivity contribution in [2.75, 3.05) is 43.1 Å². The molecule has 31 heavy (non-hydrogen) atoms. The molecular formula is C20H18N4O6S. The van der Waals surface area contributed by atoms with Crippen molar-refractivity contribution in [1.29, 1.82) is 0 Å². The van der Waals surface area contributed by atoms with Gasteiger partial charge in [-0.2, -0.15) is 0 Å². The Kier molecular flexibility index (Phi) is 6.05. The Labute approximate surface area is 180 Å². The zero-order valence-corrected chi connectivity index (χ0v) is 17.1. The summed E-state index contributed by atoms with van der Waals surface area (Å²) in [5.41, 5.74) is 0.970. The van der Waals surface area contributed by atoms with Gasteiger partial charge in [0.1, 0.15) is 5.69 Å². The number of fused-ring (bicyclic) bond motifs is 1. The number of hydrogen-bond donors (Lipinski definition) is 1. The van der Waals surface area contributed by atoms with Crippen molar-refractivity contribution < 1.29 is 24.0 Å². The molecule has 1 fully saturated rings. The van der Waals surface area contributed by atoms with E-state index in [9.17, 15) is 19.7 Å². The summed E-state index contributed by atoms with van der Waals surface area (Å²) in [6.07, 6.45) is 0. The molecule has 0 spiro atoms. The summed E-state index contributed by atoms with van der Waals surface area (Å²) in [7, 11) is 0. The number of morpholine rings is 1. The van der Waals surface area contributed by atoms with Gasteiger partial charge >= 0.3 is 5.97 Å². The maximum absolute atomic E-state index is 12.3. The number of rotatable bonds is 6. The Bertz CT molecular complexity index is 1110. The lowest BCUT2D eigenvalue weighted by Crippen LogP contribution is -2.36. The molecule has 0 saturated carbocycles. The average molecular weight is 442 g/mol. The van der Waals surface area contributed by atoms with Crippen molar-refractivity contribution in [1.82, 2.24) is 4.98 Å². The van der Waals surface area contributed by atoms with Gasteiger partial charge in [0.2, 0.25) is 0 Å². The van der Waals surface area contributed by atoms with Gasteiger partial charge in [-0.1, -0.05) is 23.5 Å². The normalized spacial score (nSPS) is 13.7. The molecule has 0 bridgehead atoms. The molecule has 0 radical (unpaired) electrons. The van der Waals surface area contributed by atoms with Crippen molar-refractivity contribution in [2.45, 2.75) is 0 Å². The first kappa shape index (κ1) is 20.7. The lowest BCUT2D eigenvalue weighted by Gasteiger charge is -2.28. The highest BCUT2D eigenvalue weighted by molar-refractivity contribution is 7.22. The van der Waals surface area contributed by atoms with Crippen LogP contribution >= 0.6 is 11.3 Å². The number of nitrogens with one attached hydrogen (secondary N) is 1. The summed E-state index contributed by atoms with van der Waals surface area (Å²) in [6.45, 7) is 1.47.